The summed E-state index contributed by atoms with van der Waals surface area (Å²) in [7, 11) is 0. The molecule has 1 aromatic heterocycles. The van der Waals surface area contributed by atoms with Crippen molar-refractivity contribution in [2.75, 3.05) is 18.4 Å². The van der Waals surface area contributed by atoms with E-state index >= 15 is 0 Å². The van der Waals surface area contributed by atoms with Crippen LogP contribution in [-0.2, 0) is 6.54 Å². The van der Waals surface area contributed by atoms with Gasteiger partial charge < -0.3 is 15.5 Å². The first-order chi connectivity index (χ1) is 12.6. The van der Waals surface area contributed by atoms with Gasteiger partial charge in [0.25, 0.3) is 5.91 Å². The zero-order valence-corrected chi connectivity index (χ0v) is 15.4. The van der Waals surface area contributed by atoms with Crippen molar-refractivity contribution in [3.05, 3.63) is 47.2 Å². The number of urea groups is 1. The standard InChI is InChI=1S/C18H22ClN5O2/c1-2-20-17(25)15-11-13(6-7-16(15)19)22-18(26)24-10-3-5-14(24)12-23-9-4-8-21-23/h4,6-9,11,14H,2-3,5,10,12H2,1H3,(H,20,25)(H,22,26). The van der Waals surface area contributed by atoms with Gasteiger partial charge >= 0.3 is 6.03 Å². The third kappa shape index (κ3) is 4.16. The van der Waals surface area contributed by atoms with Crippen LogP contribution in [0.3, 0.4) is 0 Å². The molecular formula is C18H22ClN5O2. The molecule has 3 amide bonds. The zero-order chi connectivity index (χ0) is 18.5. The molecule has 2 N–H and O–H groups in total. The molecule has 3 rings (SSSR count). The number of likely N-dealkylation sites (tertiary alicyclic amines) is 1. The lowest BCUT2D eigenvalue weighted by Gasteiger charge is -2.25. The average molecular weight is 376 g/mol. The van der Waals surface area contributed by atoms with E-state index < -0.39 is 0 Å². The lowest BCUT2D eigenvalue weighted by molar-refractivity contribution is 0.0956. The fraction of sp³-hybridized carbons (Fsp3) is 0.389. The average Bonchev–Trinajstić information content (AvgIpc) is 3.29. The summed E-state index contributed by atoms with van der Waals surface area (Å²) in [6.07, 6.45) is 5.53. The number of nitrogens with one attached hydrogen (secondary N) is 2. The number of anilines is 1. The Morgan fingerprint density at radius 1 is 1.38 bits per heavy atom. The normalized spacial score (nSPS) is 16.5. The molecule has 0 spiro atoms. The summed E-state index contributed by atoms with van der Waals surface area (Å²) in [5.41, 5.74) is 0.895. The predicted octanol–water partition coefficient (Wildman–Crippen LogP) is 2.98. The monoisotopic (exact) mass is 375 g/mol. The smallest absolute Gasteiger partial charge is 0.322 e. The number of hydrogen-bond acceptors (Lipinski definition) is 3. The van der Waals surface area contributed by atoms with E-state index in [1.165, 1.54) is 0 Å². The fourth-order valence-electron chi connectivity index (χ4n) is 3.15. The summed E-state index contributed by atoms with van der Waals surface area (Å²) in [6.45, 7) is 3.72. The molecule has 8 heteroatoms. The minimum atomic E-state index is -0.258. The Bertz CT molecular complexity index is 778. The van der Waals surface area contributed by atoms with Crippen molar-refractivity contribution in [3.63, 3.8) is 0 Å². The van der Waals surface area contributed by atoms with Crippen LogP contribution in [-0.4, -0.2) is 45.8 Å². The van der Waals surface area contributed by atoms with Gasteiger partial charge in [0.15, 0.2) is 0 Å². The molecule has 1 unspecified atom stereocenters. The number of aromatic nitrogens is 2. The van der Waals surface area contributed by atoms with Crippen molar-refractivity contribution in [1.29, 1.82) is 0 Å². The first-order valence-electron chi connectivity index (χ1n) is 8.71. The zero-order valence-electron chi connectivity index (χ0n) is 14.6. The number of halogens is 1. The molecule has 2 heterocycles. The maximum atomic E-state index is 12.7. The van der Waals surface area contributed by atoms with E-state index in [1.807, 2.05) is 28.8 Å². The second-order valence-electron chi connectivity index (χ2n) is 6.20. The molecule has 1 aliphatic heterocycles. The summed E-state index contributed by atoms with van der Waals surface area (Å²) < 4.78 is 1.84. The summed E-state index contributed by atoms with van der Waals surface area (Å²) in [6, 6.07) is 6.71. The Kier molecular flexibility index (Phi) is 5.78. The molecule has 0 saturated carbocycles. The van der Waals surface area contributed by atoms with Crippen LogP contribution in [0.1, 0.15) is 30.1 Å². The Labute approximate surface area is 157 Å². The minimum absolute atomic E-state index is 0.102. The van der Waals surface area contributed by atoms with Crippen LogP contribution in [0, 0.1) is 0 Å². The Morgan fingerprint density at radius 2 is 2.23 bits per heavy atom. The predicted molar refractivity (Wildman–Crippen MR) is 100 cm³/mol. The number of hydrogen-bond donors (Lipinski definition) is 2. The second kappa shape index (κ2) is 8.23. The van der Waals surface area contributed by atoms with Gasteiger partial charge in [-0.25, -0.2) is 4.79 Å². The van der Waals surface area contributed by atoms with Crippen molar-refractivity contribution >= 4 is 29.2 Å². The van der Waals surface area contributed by atoms with Crippen molar-refractivity contribution in [3.8, 4) is 0 Å². The molecule has 0 aliphatic carbocycles. The summed E-state index contributed by atoms with van der Waals surface area (Å²) in [5.74, 6) is -0.258. The van der Waals surface area contributed by atoms with E-state index in [9.17, 15) is 9.59 Å². The van der Waals surface area contributed by atoms with Gasteiger partial charge in [-0.1, -0.05) is 11.6 Å². The maximum absolute atomic E-state index is 12.7. The van der Waals surface area contributed by atoms with E-state index in [1.54, 1.807) is 24.4 Å². The van der Waals surface area contributed by atoms with Gasteiger partial charge in [-0.05, 0) is 44.0 Å². The van der Waals surface area contributed by atoms with Crippen LogP contribution in [0.15, 0.2) is 36.7 Å². The van der Waals surface area contributed by atoms with E-state index in [0.717, 1.165) is 12.8 Å². The van der Waals surface area contributed by atoms with Gasteiger partial charge in [-0.2, -0.15) is 5.10 Å². The molecule has 138 valence electrons. The van der Waals surface area contributed by atoms with Crippen LogP contribution < -0.4 is 10.6 Å². The van der Waals surface area contributed by atoms with Gasteiger partial charge in [0.1, 0.15) is 0 Å². The highest BCUT2D eigenvalue weighted by molar-refractivity contribution is 6.34. The Morgan fingerprint density at radius 3 is 2.96 bits per heavy atom. The Balaban J connectivity index is 1.69. The van der Waals surface area contributed by atoms with Gasteiger partial charge in [-0.3, -0.25) is 9.48 Å². The van der Waals surface area contributed by atoms with Gasteiger partial charge in [0.05, 0.1) is 23.2 Å². The van der Waals surface area contributed by atoms with Crippen molar-refractivity contribution in [1.82, 2.24) is 20.0 Å². The highest BCUT2D eigenvalue weighted by Gasteiger charge is 2.29. The summed E-state index contributed by atoms with van der Waals surface area (Å²) >= 11 is 6.10. The van der Waals surface area contributed by atoms with Crippen molar-refractivity contribution in [2.24, 2.45) is 0 Å². The number of amides is 3. The van der Waals surface area contributed by atoms with Crippen molar-refractivity contribution in [2.45, 2.75) is 32.4 Å². The Hall–Kier alpha value is -2.54. The van der Waals surface area contributed by atoms with Gasteiger partial charge in [-0.15, -0.1) is 0 Å². The fourth-order valence-corrected chi connectivity index (χ4v) is 3.35. The number of rotatable bonds is 5. The van der Waals surface area contributed by atoms with Crippen LogP contribution in [0.4, 0.5) is 10.5 Å². The van der Waals surface area contributed by atoms with Crippen LogP contribution in [0.2, 0.25) is 5.02 Å². The number of carbonyl (C=O) groups is 2. The maximum Gasteiger partial charge on any atom is 0.322 e. The molecule has 1 fully saturated rings. The number of benzene rings is 1. The molecule has 1 aliphatic rings. The van der Waals surface area contributed by atoms with E-state index in [4.69, 9.17) is 11.6 Å². The molecule has 2 aromatic rings. The van der Waals surface area contributed by atoms with E-state index in [0.29, 0.717) is 35.9 Å². The molecule has 1 atom stereocenters. The second-order valence-corrected chi connectivity index (χ2v) is 6.61. The molecular weight excluding hydrogens is 354 g/mol. The molecule has 26 heavy (non-hydrogen) atoms. The number of nitrogens with zero attached hydrogens (tertiary/aromatic N) is 3. The van der Waals surface area contributed by atoms with E-state index in [2.05, 4.69) is 15.7 Å². The topological polar surface area (TPSA) is 79.3 Å². The molecule has 1 saturated heterocycles. The number of carbonyl (C=O) groups excluding carboxylic acids is 2. The molecule has 7 nitrogen and oxygen atoms in total. The first-order valence-corrected chi connectivity index (χ1v) is 9.09. The van der Waals surface area contributed by atoms with Crippen molar-refractivity contribution < 1.29 is 9.59 Å². The summed E-state index contributed by atoms with van der Waals surface area (Å²) in [5, 5.41) is 10.2. The van der Waals surface area contributed by atoms with Crippen LogP contribution in [0.25, 0.3) is 0 Å². The SMILES string of the molecule is CCNC(=O)c1cc(NC(=O)N2CCCC2Cn2cccn2)ccc1Cl. The molecule has 0 radical (unpaired) electrons. The quantitative estimate of drug-likeness (QED) is 0.843. The third-order valence-electron chi connectivity index (χ3n) is 4.39. The minimum Gasteiger partial charge on any atom is -0.352 e. The lowest BCUT2D eigenvalue weighted by Crippen LogP contribution is -2.40. The van der Waals surface area contributed by atoms with Crippen LogP contribution in [0.5, 0.6) is 0 Å². The molecule has 1 aromatic carbocycles. The van der Waals surface area contributed by atoms with E-state index in [-0.39, 0.29) is 18.0 Å². The van der Waals surface area contributed by atoms with Crippen LogP contribution >= 0.6 is 11.6 Å². The summed E-state index contributed by atoms with van der Waals surface area (Å²) in [4.78, 5) is 26.6. The third-order valence-corrected chi connectivity index (χ3v) is 4.72. The van der Waals surface area contributed by atoms with Gasteiger partial charge in [0.2, 0.25) is 0 Å². The highest BCUT2D eigenvalue weighted by Crippen LogP contribution is 2.23. The molecule has 0 bridgehead atoms. The highest BCUT2D eigenvalue weighted by atomic mass is 35.5. The largest absolute Gasteiger partial charge is 0.352 e. The lowest BCUT2D eigenvalue weighted by atomic mass is 10.2. The van der Waals surface area contributed by atoms with Gasteiger partial charge in [0, 0.05) is 31.2 Å². The first kappa shape index (κ1) is 18.3.